The van der Waals surface area contributed by atoms with E-state index in [0.717, 1.165) is 0 Å². The van der Waals surface area contributed by atoms with Crippen LogP contribution in [-0.2, 0) is 10.0 Å². The molecule has 0 aliphatic carbocycles. The fourth-order valence-corrected chi connectivity index (χ4v) is 5.08. The molecular formula is C27H20Cl2N2O6S. The number of hydrogen-bond donors (Lipinski definition) is 2. The quantitative estimate of drug-likeness (QED) is 0.259. The summed E-state index contributed by atoms with van der Waals surface area (Å²) < 4.78 is 45.5. The minimum absolute atomic E-state index is 0.0304. The van der Waals surface area contributed by atoms with Crippen LogP contribution in [0.15, 0.2) is 89.8 Å². The SMILES string of the molecule is O=C(Nc1ccc2c(c1)OCCO2)c1cc(Cl)ccc1NS(=O)(=O)c1ccc(Oc2ccccc2Cl)cc1. The smallest absolute Gasteiger partial charge is 0.261 e. The highest BCUT2D eigenvalue weighted by Crippen LogP contribution is 2.34. The Hall–Kier alpha value is -3.92. The minimum atomic E-state index is -4.06. The number of sulfonamides is 1. The molecule has 2 N–H and O–H groups in total. The molecule has 1 aliphatic rings. The van der Waals surface area contributed by atoms with Crippen LogP contribution in [0.1, 0.15) is 10.4 Å². The number of hydrogen-bond acceptors (Lipinski definition) is 6. The average molecular weight is 571 g/mol. The van der Waals surface area contributed by atoms with Crippen LogP contribution in [0, 0.1) is 0 Å². The lowest BCUT2D eigenvalue weighted by Gasteiger charge is -2.19. The third-order valence-electron chi connectivity index (χ3n) is 5.47. The number of ether oxygens (including phenoxy) is 3. The topological polar surface area (TPSA) is 103 Å². The Morgan fingerprint density at radius 3 is 2.34 bits per heavy atom. The molecule has 0 saturated heterocycles. The molecule has 1 aliphatic heterocycles. The van der Waals surface area contributed by atoms with Crippen molar-refractivity contribution in [1.29, 1.82) is 0 Å². The van der Waals surface area contributed by atoms with E-state index in [1.54, 1.807) is 42.5 Å². The minimum Gasteiger partial charge on any atom is -0.486 e. The Bertz CT molecular complexity index is 1610. The molecule has 5 rings (SSSR count). The molecule has 0 bridgehead atoms. The highest BCUT2D eigenvalue weighted by Gasteiger charge is 2.21. The zero-order chi connectivity index (χ0) is 26.7. The van der Waals surface area contributed by atoms with Crippen molar-refractivity contribution in [3.8, 4) is 23.0 Å². The number of nitrogens with one attached hydrogen (secondary N) is 2. The number of halogens is 2. The van der Waals surface area contributed by atoms with Crippen LogP contribution < -0.4 is 24.2 Å². The third kappa shape index (κ3) is 5.80. The summed E-state index contributed by atoms with van der Waals surface area (Å²) in [5.41, 5.74) is 0.539. The standard InChI is InChI=1S/C27H20Cl2N2O6S/c28-17-5-11-23(21(15-17)27(32)30-18-6-12-25-26(16-18)36-14-13-35-25)31-38(33,34)20-9-7-19(8-10-20)37-24-4-2-1-3-22(24)29/h1-12,15-16,31H,13-14H2,(H,30,32). The summed E-state index contributed by atoms with van der Waals surface area (Å²) in [4.78, 5) is 13.1. The number of carbonyl (C=O) groups excluding carboxylic acids is 1. The molecule has 0 radical (unpaired) electrons. The molecule has 4 aromatic rings. The lowest BCUT2D eigenvalue weighted by atomic mass is 10.1. The molecular weight excluding hydrogens is 551 g/mol. The van der Waals surface area contributed by atoms with Crippen molar-refractivity contribution in [2.24, 2.45) is 0 Å². The molecule has 8 nitrogen and oxygen atoms in total. The maximum absolute atomic E-state index is 13.1. The van der Waals surface area contributed by atoms with E-state index in [4.69, 9.17) is 37.4 Å². The number of fused-ring (bicyclic) bond motifs is 1. The first-order valence-electron chi connectivity index (χ1n) is 11.3. The fourth-order valence-electron chi connectivity index (χ4n) is 3.66. The van der Waals surface area contributed by atoms with Gasteiger partial charge in [0.15, 0.2) is 11.5 Å². The molecule has 1 heterocycles. The van der Waals surface area contributed by atoms with Crippen molar-refractivity contribution in [3.05, 3.63) is 101 Å². The van der Waals surface area contributed by atoms with Gasteiger partial charge < -0.3 is 19.5 Å². The third-order valence-corrected chi connectivity index (χ3v) is 7.40. The van der Waals surface area contributed by atoms with Crippen LogP contribution in [0.4, 0.5) is 11.4 Å². The zero-order valence-corrected chi connectivity index (χ0v) is 21.9. The molecule has 0 unspecified atom stereocenters. The molecule has 0 atom stereocenters. The van der Waals surface area contributed by atoms with E-state index in [0.29, 0.717) is 46.9 Å². The number of rotatable bonds is 7. The van der Waals surface area contributed by atoms with E-state index in [2.05, 4.69) is 10.0 Å². The van der Waals surface area contributed by atoms with Gasteiger partial charge in [0.2, 0.25) is 0 Å². The normalized spacial score (nSPS) is 12.5. The number of anilines is 2. The summed E-state index contributed by atoms with van der Waals surface area (Å²) >= 11 is 12.2. The van der Waals surface area contributed by atoms with Gasteiger partial charge in [0.25, 0.3) is 15.9 Å². The van der Waals surface area contributed by atoms with Gasteiger partial charge in [-0.3, -0.25) is 9.52 Å². The first-order chi connectivity index (χ1) is 18.3. The lowest BCUT2D eigenvalue weighted by Crippen LogP contribution is -2.19. The van der Waals surface area contributed by atoms with Gasteiger partial charge in [-0.05, 0) is 66.7 Å². The molecule has 0 saturated carbocycles. The van der Waals surface area contributed by atoms with Gasteiger partial charge in [-0.15, -0.1) is 0 Å². The van der Waals surface area contributed by atoms with Gasteiger partial charge in [-0.1, -0.05) is 35.3 Å². The summed E-state index contributed by atoms with van der Waals surface area (Å²) in [6.07, 6.45) is 0. The Labute approximate surface area is 229 Å². The highest BCUT2D eigenvalue weighted by atomic mass is 35.5. The van der Waals surface area contributed by atoms with Crippen molar-refractivity contribution in [2.45, 2.75) is 4.90 Å². The van der Waals surface area contributed by atoms with Crippen molar-refractivity contribution in [3.63, 3.8) is 0 Å². The van der Waals surface area contributed by atoms with E-state index in [1.807, 2.05) is 0 Å². The van der Waals surface area contributed by atoms with Crippen molar-refractivity contribution >= 4 is 50.5 Å². The summed E-state index contributed by atoms with van der Waals surface area (Å²) in [7, 11) is -4.06. The molecule has 11 heteroatoms. The van der Waals surface area contributed by atoms with Gasteiger partial charge in [-0.2, -0.15) is 0 Å². The second kappa shape index (κ2) is 10.8. The number of para-hydroxylation sites is 1. The van der Waals surface area contributed by atoms with Crippen LogP contribution in [0.2, 0.25) is 10.0 Å². The molecule has 1 amide bonds. The Balaban J connectivity index is 1.34. The van der Waals surface area contributed by atoms with Crippen LogP contribution in [0.25, 0.3) is 0 Å². The molecule has 4 aromatic carbocycles. The summed E-state index contributed by atoms with van der Waals surface area (Å²) in [6, 6.07) is 22.0. The van der Waals surface area contributed by atoms with E-state index in [-0.39, 0.29) is 21.2 Å². The molecule has 0 spiro atoms. The molecule has 38 heavy (non-hydrogen) atoms. The van der Waals surface area contributed by atoms with Gasteiger partial charge >= 0.3 is 0 Å². The Morgan fingerprint density at radius 1 is 0.842 bits per heavy atom. The predicted octanol–water partition coefficient (Wildman–Crippen LogP) is 6.61. The van der Waals surface area contributed by atoms with Crippen molar-refractivity contribution < 1.29 is 27.4 Å². The van der Waals surface area contributed by atoms with Crippen molar-refractivity contribution in [2.75, 3.05) is 23.3 Å². The Kier molecular flexibility index (Phi) is 7.33. The highest BCUT2D eigenvalue weighted by molar-refractivity contribution is 7.92. The second-order valence-electron chi connectivity index (χ2n) is 8.11. The number of amides is 1. The maximum atomic E-state index is 13.1. The van der Waals surface area contributed by atoms with Gasteiger partial charge in [-0.25, -0.2) is 8.42 Å². The van der Waals surface area contributed by atoms with Crippen LogP contribution in [0.3, 0.4) is 0 Å². The summed E-state index contributed by atoms with van der Waals surface area (Å²) in [5, 5.41) is 3.43. The number of benzene rings is 4. The summed E-state index contributed by atoms with van der Waals surface area (Å²) in [5.74, 6) is 1.36. The largest absolute Gasteiger partial charge is 0.486 e. The fraction of sp³-hybridized carbons (Fsp3) is 0.0741. The van der Waals surface area contributed by atoms with Crippen molar-refractivity contribution in [1.82, 2.24) is 0 Å². The second-order valence-corrected chi connectivity index (χ2v) is 10.6. The van der Waals surface area contributed by atoms with E-state index in [1.165, 1.54) is 42.5 Å². The van der Waals surface area contributed by atoms with Gasteiger partial charge in [0.05, 0.1) is 21.2 Å². The number of carbonyl (C=O) groups is 1. The summed E-state index contributed by atoms with van der Waals surface area (Å²) in [6.45, 7) is 0.847. The van der Waals surface area contributed by atoms with Gasteiger partial charge in [0.1, 0.15) is 24.7 Å². The lowest BCUT2D eigenvalue weighted by molar-refractivity contribution is 0.102. The Morgan fingerprint density at radius 2 is 1.58 bits per heavy atom. The first kappa shape index (κ1) is 25.7. The molecule has 0 aromatic heterocycles. The molecule has 194 valence electrons. The first-order valence-corrected chi connectivity index (χ1v) is 13.6. The van der Waals surface area contributed by atoms with Crippen LogP contribution in [0.5, 0.6) is 23.0 Å². The van der Waals surface area contributed by atoms with E-state index >= 15 is 0 Å². The van der Waals surface area contributed by atoms with E-state index < -0.39 is 15.9 Å². The van der Waals surface area contributed by atoms with Crippen LogP contribution >= 0.6 is 23.2 Å². The van der Waals surface area contributed by atoms with Crippen LogP contribution in [-0.4, -0.2) is 27.5 Å². The monoisotopic (exact) mass is 570 g/mol. The van der Waals surface area contributed by atoms with E-state index in [9.17, 15) is 13.2 Å². The average Bonchev–Trinajstić information content (AvgIpc) is 2.91. The zero-order valence-electron chi connectivity index (χ0n) is 19.6. The maximum Gasteiger partial charge on any atom is 0.261 e. The van der Waals surface area contributed by atoms with Gasteiger partial charge in [0, 0.05) is 16.8 Å². The predicted molar refractivity (Wildman–Crippen MR) is 146 cm³/mol. The molecule has 0 fully saturated rings.